The smallest absolute Gasteiger partial charge is 0.100 e. The molecule has 0 aromatic rings. The van der Waals surface area contributed by atoms with Gasteiger partial charge in [0.15, 0.2) is 0 Å². The summed E-state index contributed by atoms with van der Waals surface area (Å²) in [6, 6.07) is 0. The molecule has 0 fully saturated rings. The van der Waals surface area contributed by atoms with Crippen LogP contribution in [0, 0.1) is 0 Å². The van der Waals surface area contributed by atoms with E-state index < -0.39 is 12.2 Å². The van der Waals surface area contributed by atoms with Gasteiger partial charge in [-0.25, -0.2) is 0 Å². The number of ether oxygens (including phenoxy) is 1. The first kappa shape index (κ1) is 23.1. The molecule has 21 heavy (non-hydrogen) atoms. The Morgan fingerprint density at radius 2 is 1.00 bits per heavy atom. The van der Waals surface area contributed by atoms with Crippen LogP contribution >= 0.6 is 0 Å². The van der Waals surface area contributed by atoms with E-state index in [0.29, 0.717) is 0 Å². The number of rotatable bonds is 13. The van der Waals surface area contributed by atoms with Gasteiger partial charge < -0.3 is 25.2 Å². The molecule has 5 heteroatoms. The molecule has 0 saturated heterocycles. The summed E-state index contributed by atoms with van der Waals surface area (Å²) in [6.07, 6.45) is 9.63. The Bertz CT molecular complexity index is 160. The van der Waals surface area contributed by atoms with Gasteiger partial charge >= 0.3 is 0 Å². The summed E-state index contributed by atoms with van der Waals surface area (Å²) in [7, 11) is 0. The van der Waals surface area contributed by atoms with Crippen molar-refractivity contribution >= 4 is 0 Å². The maximum absolute atomic E-state index is 8.72. The second-order valence-corrected chi connectivity index (χ2v) is 5.33. The SMILES string of the molecule is CCCCCCCCCC.OCC(O)COCC(O)CO. The minimum Gasteiger partial charge on any atom is -0.394 e. The van der Waals surface area contributed by atoms with Gasteiger partial charge in [0.2, 0.25) is 0 Å². The zero-order valence-corrected chi connectivity index (χ0v) is 13.8. The zero-order valence-electron chi connectivity index (χ0n) is 13.8. The van der Waals surface area contributed by atoms with Gasteiger partial charge in [0.1, 0.15) is 12.2 Å². The largest absolute Gasteiger partial charge is 0.394 e. The Morgan fingerprint density at radius 1 is 0.667 bits per heavy atom. The normalized spacial score (nSPS) is 13.4. The van der Waals surface area contributed by atoms with Crippen LogP contribution in [0.3, 0.4) is 0 Å². The lowest BCUT2D eigenvalue weighted by atomic mass is 10.1. The highest BCUT2D eigenvalue weighted by Crippen LogP contribution is 2.07. The van der Waals surface area contributed by atoms with Crippen molar-refractivity contribution in [2.75, 3.05) is 26.4 Å². The van der Waals surface area contributed by atoms with E-state index in [0.717, 1.165) is 0 Å². The lowest BCUT2D eigenvalue weighted by molar-refractivity contribution is -0.0364. The molecule has 4 N–H and O–H groups in total. The van der Waals surface area contributed by atoms with Crippen LogP contribution in [0.2, 0.25) is 0 Å². The van der Waals surface area contributed by atoms with E-state index >= 15 is 0 Å². The predicted octanol–water partition coefficient (Wildman–Crippen LogP) is 1.86. The molecule has 0 spiro atoms. The minimum atomic E-state index is -0.916. The van der Waals surface area contributed by atoms with E-state index in [9.17, 15) is 0 Å². The molecule has 130 valence electrons. The third kappa shape index (κ3) is 22.2. The van der Waals surface area contributed by atoms with E-state index in [1.54, 1.807) is 0 Å². The number of unbranched alkanes of at least 4 members (excludes halogenated alkanes) is 7. The molecule has 0 bridgehead atoms. The zero-order chi connectivity index (χ0) is 16.3. The quantitative estimate of drug-likeness (QED) is 0.390. The Labute approximate surface area is 130 Å². The van der Waals surface area contributed by atoms with Crippen LogP contribution in [-0.2, 0) is 4.74 Å². The molecule has 2 unspecified atom stereocenters. The summed E-state index contributed by atoms with van der Waals surface area (Å²) >= 11 is 0. The second kappa shape index (κ2) is 19.8. The highest BCUT2D eigenvalue weighted by Gasteiger charge is 2.04. The van der Waals surface area contributed by atoms with Gasteiger partial charge in [-0.3, -0.25) is 0 Å². The van der Waals surface area contributed by atoms with Gasteiger partial charge in [-0.05, 0) is 0 Å². The molecule has 2 atom stereocenters. The highest BCUT2D eigenvalue weighted by molar-refractivity contribution is 4.52. The summed E-state index contributed by atoms with van der Waals surface area (Å²) in [4.78, 5) is 0. The fourth-order valence-electron chi connectivity index (χ4n) is 1.65. The van der Waals surface area contributed by atoms with Gasteiger partial charge in [0.25, 0.3) is 0 Å². The highest BCUT2D eigenvalue weighted by atomic mass is 16.5. The Morgan fingerprint density at radius 3 is 1.29 bits per heavy atom. The van der Waals surface area contributed by atoms with Crippen molar-refractivity contribution < 1.29 is 25.2 Å². The van der Waals surface area contributed by atoms with E-state index in [-0.39, 0.29) is 26.4 Å². The molecule has 0 saturated carbocycles. The molecule has 0 radical (unpaired) electrons. The third-order valence-corrected chi connectivity index (χ3v) is 3.00. The fraction of sp³-hybridized carbons (Fsp3) is 1.00. The molecular formula is C16H36O5. The first-order valence-corrected chi connectivity index (χ1v) is 8.27. The molecule has 0 aliphatic heterocycles. The van der Waals surface area contributed by atoms with E-state index in [1.807, 2.05) is 0 Å². The molecule has 5 nitrogen and oxygen atoms in total. The van der Waals surface area contributed by atoms with Crippen molar-refractivity contribution in [3.05, 3.63) is 0 Å². The predicted molar refractivity (Wildman–Crippen MR) is 85.3 cm³/mol. The van der Waals surface area contributed by atoms with Crippen LogP contribution in [0.25, 0.3) is 0 Å². The maximum atomic E-state index is 8.72. The summed E-state index contributed by atoms with van der Waals surface area (Å²) < 4.78 is 4.72. The molecule has 0 rings (SSSR count). The molecule has 0 aliphatic rings. The van der Waals surface area contributed by atoms with Crippen LogP contribution in [-0.4, -0.2) is 59.1 Å². The molecule has 0 aliphatic carbocycles. The number of aliphatic hydroxyl groups excluding tert-OH is 4. The summed E-state index contributed by atoms with van der Waals surface area (Å²) in [6.45, 7) is 3.74. The van der Waals surface area contributed by atoms with Gasteiger partial charge in [-0.15, -0.1) is 0 Å². The topological polar surface area (TPSA) is 90.2 Å². The van der Waals surface area contributed by atoms with Crippen molar-refractivity contribution in [1.29, 1.82) is 0 Å². The summed E-state index contributed by atoms with van der Waals surface area (Å²) in [5.74, 6) is 0. The van der Waals surface area contributed by atoms with Gasteiger partial charge in [-0.2, -0.15) is 0 Å². The summed E-state index contributed by atoms with van der Waals surface area (Å²) in [5, 5.41) is 34.1. The Balaban J connectivity index is 0. The number of hydrogen-bond acceptors (Lipinski definition) is 5. The van der Waals surface area contributed by atoms with E-state index in [4.69, 9.17) is 25.2 Å². The molecule has 0 aromatic heterocycles. The van der Waals surface area contributed by atoms with Crippen LogP contribution in [0.4, 0.5) is 0 Å². The second-order valence-electron chi connectivity index (χ2n) is 5.33. The van der Waals surface area contributed by atoms with Crippen molar-refractivity contribution in [2.24, 2.45) is 0 Å². The van der Waals surface area contributed by atoms with Crippen molar-refractivity contribution in [3.8, 4) is 0 Å². The number of aliphatic hydroxyl groups is 4. The fourth-order valence-corrected chi connectivity index (χ4v) is 1.65. The first-order valence-electron chi connectivity index (χ1n) is 8.27. The lowest BCUT2D eigenvalue weighted by Gasteiger charge is -2.10. The maximum Gasteiger partial charge on any atom is 0.100 e. The van der Waals surface area contributed by atoms with Crippen LogP contribution < -0.4 is 0 Å². The third-order valence-electron chi connectivity index (χ3n) is 3.00. The lowest BCUT2D eigenvalue weighted by Crippen LogP contribution is -2.25. The van der Waals surface area contributed by atoms with Crippen LogP contribution in [0.15, 0.2) is 0 Å². The average Bonchev–Trinajstić information content (AvgIpc) is 2.51. The van der Waals surface area contributed by atoms with Gasteiger partial charge in [0.05, 0.1) is 26.4 Å². The standard InChI is InChI=1S/C10H22.C6H14O5/c1-3-5-7-9-10-8-6-4-2;7-1-5(9)3-11-4-6(10)2-8/h3-10H2,1-2H3;5-10H,1-4H2. The van der Waals surface area contributed by atoms with E-state index in [2.05, 4.69) is 13.8 Å². The van der Waals surface area contributed by atoms with E-state index in [1.165, 1.54) is 51.4 Å². The number of hydrogen-bond donors (Lipinski definition) is 4. The molecule has 0 amide bonds. The van der Waals surface area contributed by atoms with Crippen molar-refractivity contribution in [1.82, 2.24) is 0 Å². The van der Waals surface area contributed by atoms with Crippen molar-refractivity contribution in [3.63, 3.8) is 0 Å². The van der Waals surface area contributed by atoms with Crippen molar-refractivity contribution in [2.45, 2.75) is 77.4 Å². The van der Waals surface area contributed by atoms with Crippen LogP contribution in [0.1, 0.15) is 65.2 Å². The molecular weight excluding hydrogens is 272 g/mol. The Hall–Kier alpha value is -0.200. The molecule has 0 aromatic carbocycles. The molecule has 0 heterocycles. The Kier molecular flexibility index (Phi) is 21.8. The monoisotopic (exact) mass is 308 g/mol. The van der Waals surface area contributed by atoms with Gasteiger partial charge in [0, 0.05) is 0 Å². The average molecular weight is 308 g/mol. The van der Waals surface area contributed by atoms with Crippen LogP contribution in [0.5, 0.6) is 0 Å². The van der Waals surface area contributed by atoms with Gasteiger partial charge in [-0.1, -0.05) is 65.2 Å². The minimum absolute atomic E-state index is 0.0342. The summed E-state index contributed by atoms with van der Waals surface area (Å²) in [5.41, 5.74) is 0. The first-order chi connectivity index (χ1) is 10.1.